The fourth-order valence-corrected chi connectivity index (χ4v) is 1.88. The Hall–Kier alpha value is -1.00. The molecule has 1 unspecified atom stereocenters. The summed E-state index contributed by atoms with van der Waals surface area (Å²) in [6.45, 7) is 6.46. The van der Waals surface area contributed by atoms with Crippen molar-refractivity contribution in [3.8, 4) is 0 Å². The van der Waals surface area contributed by atoms with E-state index in [0.29, 0.717) is 12.0 Å². The Bertz CT molecular complexity index is 388. The summed E-state index contributed by atoms with van der Waals surface area (Å²) < 4.78 is 26.5. The van der Waals surface area contributed by atoms with Gasteiger partial charge in [0, 0.05) is 24.8 Å². The lowest BCUT2D eigenvalue weighted by Crippen LogP contribution is -2.40. The van der Waals surface area contributed by atoms with E-state index in [1.165, 1.54) is 6.07 Å². The molecule has 0 heterocycles. The van der Waals surface area contributed by atoms with Gasteiger partial charge in [-0.1, -0.05) is 20.8 Å². The molecule has 0 amide bonds. The number of rotatable bonds is 5. The predicted molar refractivity (Wildman–Crippen MR) is 68.1 cm³/mol. The van der Waals surface area contributed by atoms with Gasteiger partial charge in [0.05, 0.1) is 0 Å². The largest absolute Gasteiger partial charge is 0.396 e. The molecular formula is C14H21F2NO. The van der Waals surface area contributed by atoms with Gasteiger partial charge >= 0.3 is 0 Å². The molecule has 0 saturated heterocycles. The summed E-state index contributed by atoms with van der Waals surface area (Å²) in [6, 6.07) is 3.48. The lowest BCUT2D eigenvalue weighted by atomic mass is 9.85. The van der Waals surface area contributed by atoms with Gasteiger partial charge in [-0.25, -0.2) is 8.78 Å². The third-order valence-electron chi connectivity index (χ3n) is 3.01. The third kappa shape index (κ3) is 4.35. The van der Waals surface area contributed by atoms with Crippen LogP contribution in [-0.4, -0.2) is 17.8 Å². The summed E-state index contributed by atoms with van der Waals surface area (Å²) in [5, 5.41) is 12.2. The van der Waals surface area contributed by atoms with Crippen LogP contribution in [0.25, 0.3) is 0 Å². The molecule has 2 nitrogen and oxygen atoms in total. The Kier molecular flexibility index (Phi) is 5.23. The molecule has 0 radical (unpaired) electrons. The molecule has 0 saturated carbocycles. The van der Waals surface area contributed by atoms with E-state index >= 15 is 0 Å². The minimum Gasteiger partial charge on any atom is -0.396 e. The van der Waals surface area contributed by atoms with Crippen LogP contribution in [-0.2, 0) is 6.54 Å². The molecule has 0 aliphatic rings. The van der Waals surface area contributed by atoms with E-state index in [2.05, 4.69) is 5.32 Å². The second-order valence-corrected chi connectivity index (χ2v) is 5.55. The van der Waals surface area contributed by atoms with Crippen LogP contribution < -0.4 is 5.32 Å². The monoisotopic (exact) mass is 257 g/mol. The number of aliphatic hydroxyl groups excluding tert-OH is 1. The average molecular weight is 257 g/mol. The Morgan fingerprint density at radius 1 is 1.28 bits per heavy atom. The highest BCUT2D eigenvalue weighted by Crippen LogP contribution is 2.22. The van der Waals surface area contributed by atoms with Crippen molar-refractivity contribution in [2.45, 2.75) is 39.8 Å². The van der Waals surface area contributed by atoms with Crippen molar-refractivity contribution in [1.29, 1.82) is 0 Å². The zero-order valence-electron chi connectivity index (χ0n) is 11.1. The summed E-state index contributed by atoms with van der Waals surface area (Å²) in [6.07, 6.45) is 0.584. The molecule has 0 bridgehead atoms. The first-order valence-corrected chi connectivity index (χ1v) is 6.12. The highest BCUT2D eigenvalue weighted by atomic mass is 19.1. The fourth-order valence-electron chi connectivity index (χ4n) is 1.88. The second-order valence-electron chi connectivity index (χ2n) is 5.55. The van der Waals surface area contributed by atoms with Crippen molar-refractivity contribution in [2.75, 3.05) is 6.61 Å². The topological polar surface area (TPSA) is 32.3 Å². The first-order chi connectivity index (χ1) is 8.34. The second kappa shape index (κ2) is 6.25. The summed E-state index contributed by atoms with van der Waals surface area (Å²) >= 11 is 0. The Balaban J connectivity index is 2.70. The quantitative estimate of drug-likeness (QED) is 0.850. The van der Waals surface area contributed by atoms with Crippen molar-refractivity contribution in [3.05, 3.63) is 35.4 Å². The minimum atomic E-state index is -0.442. The first-order valence-electron chi connectivity index (χ1n) is 6.12. The van der Waals surface area contributed by atoms with Crippen LogP contribution in [0, 0.1) is 17.0 Å². The number of aliphatic hydroxyl groups is 1. The smallest absolute Gasteiger partial charge is 0.127 e. The van der Waals surface area contributed by atoms with Gasteiger partial charge in [0.1, 0.15) is 11.6 Å². The van der Waals surface area contributed by atoms with Gasteiger partial charge in [-0.05, 0) is 30.0 Å². The lowest BCUT2D eigenvalue weighted by Gasteiger charge is -2.31. The molecule has 1 rings (SSSR count). The van der Waals surface area contributed by atoms with Crippen molar-refractivity contribution in [2.24, 2.45) is 5.41 Å². The highest BCUT2D eigenvalue weighted by Gasteiger charge is 2.23. The van der Waals surface area contributed by atoms with E-state index in [1.807, 2.05) is 20.8 Å². The number of nitrogens with one attached hydrogen (secondary N) is 1. The SMILES string of the molecule is CC(C)(C)C(CCO)NCc1cc(F)ccc1F. The number of hydrogen-bond acceptors (Lipinski definition) is 2. The zero-order valence-corrected chi connectivity index (χ0v) is 11.1. The molecule has 0 fully saturated rings. The molecule has 1 aromatic carbocycles. The molecule has 1 atom stereocenters. The Morgan fingerprint density at radius 3 is 2.50 bits per heavy atom. The Morgan fingerprint density at radius 2 is 1.94 bits per heavy atom. The molecule has 0 aromatic heterocycles. The van der Waals surface area contributed by atoms with E-state index in [0.717, 1.165) is 12.1 Å². The van der Waals surface area contributed by atoms with Crippen LogP contribution in [0.3, 0.4) is 0 Å². The van der Waals surface area contributed by atoms with Crippen LogP contribution in [0.15, 0.2) is 18.2 Å². The van der Waals surface area contributed by atoms with Gasteiger partial charge in [-0.15, -0.1) is 0 Å². The van der Waals surface area contributed by atoms with E-state index in [1.54, 1.807) is 0 Å². The average Bonchev–Trinajstić information content (AvgIpc) is 2.27. The zero-order chi connectivity index (χ0) is 13.8. The maximum atomic E-state index is 13.4. The van der Waals surface area contributed by atoms with Crippen molar-refractivity contribution in [1.82, 2.24) is 5.32 Å². The molecule has 18 heavy (non-hydrogen) atoms. The van der Waals surface area contributed by atoms with Gasteiger partial charge in [0.15, 0.2) is 0 Å². The van der Waals surface area contributed by atoms with Gasteiger partial charge < -0.3 is 10.4 Å². The number of benzene rings is 1. The van der Waals surface area contributed by atoms with Gasteiger partial charge in [0.2, 0.25) is 0 Å². The molecule has 0 spiro atoms. The highest BCUT2D eigenvalue weighted by molar-refractivity contribution is 5.18. The normalized spacial score (nSPS) is 13.7. The van der Waals surface area contributed by atoms with E-state index in [-0.39, 0.29) is 24.6 Å². The Labute approximate surface area is 107 Å². The van der Waals surface area contributed by atoms with Crippen LogP contribution in [0.2, 0.25) is 0 Å². The van der Waals surface area contributed by atoms with Crippen molar-refractivity contribution >= 4 is 0 Å². The summed E-state index contributed by atoms with van der Waals surface area (Å²) in [5.74, 6) is -0.858. The van der Waals surface area contributed by atoms with Crippen molar-refractivity contribution < 1.29 is 13.9 Å². The standard InChI is InChI=1S/C14H21F2NO/c1-14(2,3)13(6-7-18)17-9-10-8-11(15)4-5-12(10)16/h4-5,8,13,17-18H,6-7,9H2,1-3H3. The van der Waals surface area contributed by atoms with E-state index in [9.17, 15) is 8.78 Å². The molecule has 102 valence electrons. The van der Waals surface area contributed by atoms with E-state index < -0.39 is 11.6 Å². The molecule has 0 aliphatic heterocycles. The molecule has 0 aliphatic carbocycles. The summed E-state index contributed by atoms with van der Waals surface area (Å²) in [7, 11) is 0. The maximum Gasteiger partial charge on any atom is 0.127 e. The summed E-state index contributed by atoms with van der Waals surface area (Å²) in [5.41, 5.74) is 0.259. The maximum absolute atomic E-state index is 13.4. The molecule has 1 aromatic rings. The fraction of sp³-hybridized carbons (Fsp3) is 0.571. The van der Waals surface area contributed by atoms with Gasteiger partial charge in [-0.3, -0.25) is 0 Å². The number of hydrogen-bond donors (Lipinski definition) is 2. The summed E-state index contributed by atoms with van der Waals surface area (Å²) in [4.78, 5) is 0. The van der Waals surface area contributed by atoms with Gasteiger partial charge in [-0.2, -0.15) is 0 Å². The van der Waals surface area contributed by atoms with E-state index in [4.69, 9.17) is 5.11 Å². The van der Waals surface area contributed by atoms with Gasteiger partial charge in [0.25, 0.3) is 0 Å². The van der Waals surface area contributed by atoms with Crippen molar-refractivity contribution in [3.63, 3.8) is 0 Å². The van der Waals surface area contributed by atoms with Crippen LogP contribution in [0.1, 0.15) is 32.8 Å². The molecule has 2 N–H and O–H groups in total. The first kappa shape index (κ1) is 15.1. The van der Waals surface area contributed by atoms with Crippen LogP contribution in [0.4, 0.5) is 8.78 Å². The lowest BCUT2D eigenvalue weighted by molar-refractivity contribution is 0.196. The van der Waals surface area contributed by atoms with Crippen LogP contribution >= 0.6 is 0 Å². The predicted octanol–water partition coefficient (Wildman–Crippen LogP) is 2.85. The third-order valence-corrected chi connectivity index (χ3v) is 3.01. The molecule has 4 heteroatoms. The molecular weight excluding hydrogens is 236 g/mol. The minimum absolute atomic E-state index is 0.0465. The number of halogens is 2. The van der Waals surface area contributed by atoms with Crippen LogP contribution in [0.5, 0.6) is 0 Å².